The number of rotatable bonds is 10. The second kappa shape index (κ2) is 13.1. The third kappa shape index (κ3) is 8.26. The van der Waals surface area contributed by atoms with E-state index in [-0.39, 0.29) is 38.5 Å². The van der Waals surface area contributed by atoms with E-state index in [1.54, 1.807) is 0 Å². The molecule has 0 atom stereocenters. The molecule has 0 saturated carbocycles. The summed E-state index contributed by atoms with van der Waals surface area (Å²) in [5.41, 5.74) is -1.32. The monoisotopic (exact) mass is 787 g/mol. The number of nitrogens with one attached hydrogen (secondary N) is 2. The van der Waals surface area contributed by atoms with E-state index in [0.29, 0.717) is 23.9 Å². The Morgan fingerprint density at radius 2 is 1.12 bits per heavy atom. The Balaban J connectivity index is 1.52. The summed E-state index contributed by atoms with van der Waals surface area (Å²) >= 11 is 6.02. The molecule has 0 amide bonds. The van der Waals surface area contributed by atoms with E-state index in [1.165, 1.54) is 30.3 Å². The molecule has 50 heavy (non-hydrogen) atoms. The molecule has 7 N–H and O–H groups in total. The second-order valence-corrected chi connectivity index (χ2v) is 15.7. The lowest BCUT2D eigenvalue weighted by molar-refractivity contribution is 0.472. The summed E-state index contributed by atoms with van der Waals surface area (Å²) in [5.74, 6) is -1.14. The fourth-order valence-corrected chi connectivity index (χ4v) is 6.61. The van der Waals surface area contributed by atoms with Crippen molar-refractivity contribution in [3.05, 3.63) is 72.0 Å². The van der Waals surface area contributed by atoms with E-state index >= 15 is 0 Å². The molecule has 5 aromatic rings. The summed E-state index contributed by atoms with van der Waals surface area (Å²) < 4.78 is 132. The number of azo groups is 1. The molecule has 25 heteroatoms. The zero-order valence-corrected chi connectivity index (χ0v) is 28.1. The maximum atomic E-state index is 12.3. The standard InChI is InChI=1S/C25H18ClN7O13S4/c26-23-29-24(27-13-1-4-15(5-2-13)47(35,36)37)31-25(30-23)28-14-3-7-17-12(9-14)10-20(50(44,45)46)21(22(17)34)33-32-18-11-16(48(38,39)40)6-8-19(18)49(41,42)43/h1-11,34H,(H,35,36,37)(H,38,39,40)(H,41,42,43)(H,44,45,46)(H2,27,28,29,30,31). The van der Waals surface area contributed by atoms with Gasteiger partial charge in [0.25, 0.3) is 40.5 Å². The number of phenolic OH excluding ortho intramolecular Hbond substituents is 1. The average Bonchev–Trinajstić information content (AvgIpc) is 2.98. The normalized spacial score (nSPS) is 12.7. The fraction of sp³-hybridized carbons (Fsp3) is 0. The number of nitrogens with zero attached hydrogens (tertiary/aromatic N) is 5. The minimum atomic E-state index is -5.19. The van der Waals surface area contributed by atoms with Crippen LogP contribution < -0.4 is 10.6 Å². The van der Waals surface area contributed by atoms with Crippen LogP contribution in [0.15, 0.2) is 96.5 Å². The van der Waals surface area contributed by atoms with Crippen LogP contribution in [0.25, 0.3) is 10.8 Å². The zero-order chi connectivity index (χ0) is 36.8. The van der Waals surface area contributed by atoms with Gasteiger partial charge in [-0.3, -0.25) is 18.2 Å². The first-order valence-corrected chi connectivity index (χ1v) is 19.0. The van der Waals surface area contributed by atoms with Crippen LogP contribution in [0.5, 0.6) is 5.75 Å². The van der Waals surface area contributed by atoms with Gasteiger partial charge in [-0.15, -0.1) is 10.2 Å². The van der Waals surface area contributed by atoms with Crippen molar-refractivity contribution in [2.24, 2.45) is 10.2 Å². The number of phenols is 1. The molecule has 0 bridgehead atoms. The number of hydrogen-bond donors (Lipinski definition) is 7. The van der Waals surface area contributed by atoms with Crippen LogP contribution in [-0.4, -0.2) is 71.9 Å². The summed E-state index contributed by atoms with van der Waals surface area (Å²) in [6.07, 6.45) is 0. The van der Waals surface area contributed by atoms with Crippen molar-refractivity contribution in [1.29, 1.82) is 0 Å². The lowest BCUT2D eigenvalue weighted by atomic mass is 10.1. The van der Waals surface area contributed by atoms with Gasteiger partial charge in [-0.05, 0) is 83.7 Å². The van der Waals surface area contributed by atoms with Crippen molar-refractivity contribution >= 4 is 97.5 Å². The van der Waals surface area contributed by atoms with Gasteiger partial charge >= 0.3 is 0 Å². The number of aromatic nitrogens is 3. The first-order chi connectivity index (χ1) is 23.1. The molecule has 4 aromatic carbocycles. The molecule has 0 aliphatic carbocycles. The van der Waals surface area contributed by atoms with Gasteiger partial charge in [0, 0.05) is 16.8 Å². The Morgan fingerprint density at radius 1 is 0.580 bits per heavy atom. The molecular weight excluding hydrogens is 770 g/mol. The molecular formula is C25H18ClN7O13S4. The number of anilines is 4. The van der Waals surface area contributed by atoms with E-state index in [9.17, 15) is 52.4 Å². The lowest BCUT2D eigenvalue weighted by Crippen LogP contribution is -2.04. The van der Waals surface area contributed by atoms with Crippen molar-refractivity contribution in [1.82, 2.24) is 15.0 Å². The molecule has 0 saturated heterocycles. The van der Waals surface area contributed by atoms with Crippen LogP contribution in [-0.2, 0) is 40.5 Å². The van der Waals surface area contributed by atoms with E-state index in [1.807, 2.05) is 0 Å². The predicted molar refractivity (Wildman–Crippen MR) is 173 cm³/mol. The summed E-state index contributed by atoms with van der Waals surface area (Å²) in [6.45, 7) is 0. The Kier molecular flexibility index (Phi) is 9.51. The minimum absolute atomic E-state index is 0.0245. The zero-order valence-electron chi connectivity index (χ0n) is 24.1. The lowest BCUT2D eigenvalue weighted by Gasteiger charge is -2.12. The summed E-state index contributed by atoms with van der Waals surface area (Å²) in [5, 5.41) is 23.1. The Morgan fingerprint density at radius 3 is 1.68 bits per heavy atom. The predicted octanol–water partition coefficient (Wildman–Crippen LogP) is 4.27. The first kappa shape index (κ1) is 36.4. The van der Waals surface area contributed by atoms with Crippen LogP contribution in [0.1, 0.15) is 0 Å². The van der Waals surface area contributed by atoms with Gasteiger partial charge < -0.3 is 15.7 Å². The molecule has 0 spiro atoms. The molecule has 262 valence electrons. The molecule has 0 radical (unpaired) electrons. The van der Waals surface area contributed by atoms with Crippen LogP contribution in [0.3, 0.4) is 0 Å². The highest BCUT2D eigenvalue weighted by Gasteiger charge is 2.24. The number of benzene rings is 4. The number of halogens is 1. The van der Waals surface area contributed by atoms with Crippen LogP contribution in [0, 0.1) is 0 Å². The third-order valence-electron chi connectivity index (χ3n) is 6.37. The quantitative estimate of drug-likeness (QED) is 0.0767. The van der Waals surface area contributed by atoms with E-state index < -0.39 is 72.3 Å². The Bertz CT molecular complexity index is 2680. The summed E-state index contributed by atoms with van der Waals surface area (Å²) in [6, 6.07) is 11.4. The van der Waals surface area contributed by atoms with Crippen molar-refractivity contribution in [3.63, 3.8) is 0 Å². The molecule has 0 aliphatic heterocycles. The van der Waals surface area contributed by atoms with Crippen molar-refractivity contribution in [2.45, 2.75) is 19.6 Å². The van der Waals surface area contributed by atoms with Gasteiger partial charge in [-0.2, -0.15) is 48.6 Å². The topological polar surface area (TPSA) is 325 Å². The maximum absolute atomic E-state index is 12.3. The number of hydrogen-bond acceptors (Lipinski definition) is 16. The molecule has 0 aliphatic rings. The highest BCUT2D eigenvalue weighted by atomic mass is 35.5. The minimum Gasteiger partial charge on any atom is -0.505 e. The summed E-state index contributed by atoms with van der Waals surface area (Å²) in [7, 11) is -19.6. The van der Waals surface area contributed by atoms with Gasteiger partial charge in [0.1, 0.15) is 21.2 Å². The van der Waals surface area contributed by atoms with Gasteiger partial charge in [0.2, 0.25) is 17.2 Å². The highest BCUT2D eigenvalue weighted by Crippen LogP contribution is 2.42. The highest BCUT2D eigenvalue weighted by molar-refractivity contribution is 7.86. The van der Waals surface area contributed by atoms with E-state index in [2.05, 4.69) is 35.8 Å². The maximum Gasteiger partial charge on any atom is 0.296 e. The Labute approximate surface area is 286 Å². The van der Waals surface area contributed by atoms with Gasteiger partial charge in [-0.25, -0.2) is 0 Å². The molecule has 20 nitrogen and oxygen atoms in total. The summed E-state index contributed by atoms with van der Waals surface area (Å²) in [4.78, 5) is 8.74. The molecule has 1 aromatic heterocycles. The van der Waals surface area contributed by atoms with Crippen LogP contribution >= 0.6 is 11.6 Å². The van der Waals surface area contributed by atoms with Crippen molar-refractivity contribution < 1.29 is 57.0 Å². The van der Waals surface area contributed by atoms with Crippen LogP contribution in [0.2, 0.25) is 5.28 Å². The second-order valence-electron chi connectivity index (χ2n) is 9.76. The molecule has 5 rings (SSSR count). The van der Waals surface area contributed by atoms with E-state index in [0.717, 1.165) is 18.2 Å². The first-order valence-electron chi connectivity index (χ1n) is 12.9. The van der Waals surface area contributed by atoms with Gasteiger partial charge in [0.05, 0.1) is 9.79 Å². The SMILES string of the molecule is O=S(=O)(O)c1ccc(Nc2nc(Cl)nc(Nc3ccc4c(O)c(N=Nc5cc(S(=O)(=O)O)ccc5S(=O)(=O)O)c(S(=O)(=O)O)cc4c3)n2)cc1. The average molecular weight is 788 g/mol. The molecule has 0 unspecified atom stereocenters. The van der Waals surface area contributed by atoms with Gasteiger partial charge in [-0.1, -0.05) is 0 Å². The van der Waals surface area contributed by atoms with Gasteiger partial charge in [0.15, 0.2) is 5.75 Å². The van der Waals surface area contributed by atoms with E-state index in [4.69, 9.17) is 16.2 Å². The number of aromatic hydroxyl groups is 1. The van der Waals surface area contributed by atoms with Crippen molar-refractivity contribution in [3.8, 4) is 5.75 Å². The molecule has 1 heterocycles. The van der Waals surface area contributed by atoms with Crippen molar-refractivity contribution in [2.75, 3.05) is 10.6 Å². The Hall–Kier alpha value is -4.92. The van der Waals surface area contributed by atoms with Crippen LogP contribution in [0.4, 0.5) is 34.6 Å². The number of fused-ring (bicyclic) bond motifs is 1. The third-order valence-corrected chi connectivity index (χ3v) is 10.0. The smallest absolute Gasteiger partial charge is 0.296 e. The fourth-order valence-electron chi connectivity index (χ4n) is 4.21. The molecule has 0 fully saturated rings. The largest absolute Gasteiger partial charge is 0.505 e.